The van der Waals surface area contributed by atoms with Crippen molar-refractivity contribution >= 4 is 11.9 Å². The van der Waals surface area contributed by atoms with E-state index in [2.05, 4.69) is 9.97 Å². The van der Waals surface area contributed by atoms with Gasteiger partial charge in [-0.3, -0.25) is 9.69 Å². The van der Waals surface area contributed by atoms with Gasteiger partial charge >= 0.3 is 0 Å². The van der Waals surface area contributed by atoms with Crippen LogP contribution in [0, 0.1) is 5.82 Å². The Morgan fingerprint density at radius 1 is 1.42 bits per heavy atom. The second kappa shape index (κ2) is 7.16. The van der Waals surface area contributed by atoms with E-state index in [4.69, 9.17) is 0 Å². The van der Waals surface area contributed by atoms with Gasteiger partial charge in [-0.05, 0) is 26.2 Å². The van der Waals surface area contributed by atoms with Crippen molar-refractivity contribution in [2.45, 2.75) is 59.4 Å². The second-order valence-electron chi connectivity index (χ2n) is 4.59. The van der Waals surface area contributed by atoms with Crippen molar-refractivity contribution in [3.63, 3.8) is 0 Å². The highest BCUT2D eigenvalue weighted by Gasteiger charge is 2.23. The van der Waals surface area contributed by atoms with E-state index in [0.29, 0.717) is 24.5 Å². The molecule has 1 unspecified atom stereocenters. The van der Waals surface area contributed by atoms with E-state index in [1.165, 1.54) is 0 Å². The topological polar surface area (TPSA) is 46.1 Å². The van der Waals surface area contributed by atoms with Gasteiger partial charge in [-0.2, -0.15) is 0 Å². The van der Waals surface area contributed by atoms with Crippen molar-refractivity contribution in [1.29, 1.82) is 0 Å². The molecule has 19 heavy (non-hydrogen) atoms. The lowest BCUT2D eigenvalue weighted by Gasteiger charge is -2.26. The molecule has 0 aliphatic rings. The molecule has 0 bridgehead atoms. The smallest absolute Gasteiger partial charge is 0.232 e. The Hall–Kier alpha value is -1.52. The van der Waals surface area contributed by atoms with E-state index < -0.39 is 5.82 Å². The third kappa shape index (κ3) is 3.72. The molecule has 0 saturated carbocycles. The molecule has 1 aromatic heterocycles. The van der Waals surface area contributed by atoms with Crippen molar-refractivity contribution in [3.05, 3.63) is 17.7 Å². The number of hydrogen-bond acceptors (Lipinski definition) is 3. The number of nitrogens with zero attached hydrogens (tertiary/aromatic N) is 3. The van der Waals surface area contributed by atoms with Gasteiger partial charge in [0, 0.05) is 12.5 Å². The van der Waals surface area contributed by atoms with Crippen LogP contribution in [0.4, 0.5) is 10.3 Å². The molecule has 5 heteroatoms. The minimum Gasteiger partial charge on any atom is -0.278 e. The van der Waals surface area contributed by atoms with E-state index in [1.54, 1.807) is 4.90 Å². The Morgan fingerprint density at radius 3 is 2.63 bits per heavy atom. The van der Waals surface area contributed by atoms with Crippen LogP contribution in [0.3, 0.4) is 0 Å². The summed E-state index contributed by atoms with van der Waals surface area (Å²) in [6.07, 6.45) is 3.66. The number of aromatic nitrogens is 2. The first-order valence-electron chi connectivity index (χ1n) is 6.88. The van der Waals surface area contributed by atoms with Crippen LogP contribution < -0.4 is 4.90 Å². The molecule has 0 N–H and O–H groups in total. The van der Waals surface area contributed by atoms with Crippen molar-refractivity contribution in [2.24, 2.45) is 0 Å². The van der Waals surface area contributed by atoms with Gasteiger partial charge in [0.1, 0.15) is 0 Å². The molecule has 0 saturated heterocycles. The summed E-state index contributed by atoms with van der Waals surface area (Å²) >= 11 is 0. The highest BCUT2D eigenvalue weighted by Crippen LogP contribution is 2.17. The number of aryl methyl sites for hydroxylation is 1. The number of hydrogen-bond donors (Lipinski definition) is 0. The first kappa shape index (κ1) is 15.5. The molecule has 1 aromatic rings. The summed E-state index contributed by atoms with van der Waals surface area (Å²) in [6, 6.07) is 0.00853. The molecule has 0 aromatic carbocycles. The van der Waals surface area contributed by atoms with Gasteiger partial charge in [-0.25, -0.2) is 14.4 Å². The maximum atomic E-state index is 13.4. The maximum absolute atomic E-state index is 13.4. The summed E-state index contributed by atoms with van der Waals surface area (Å²) in [7, 11) is 0. The highest BCUT2D eigenvalue weighted by atomic mass is 19.1. The predicted octanol–water partition coefficient (Wildman–Crippen LogP) is 3.11. The Balaban J connectivity index is 3.13. The van der Waals surface area contributed by atoms with Gasteiger partial charge in [0.2, 0.25) is 11.9 Å². The maximum Gasteiger partial charge on any atom is 0.232 e. The monoisotopic (exact) mass is 267 g/mol. The second-order valence-corrected chi connectivity index (χ2v) is 4.59. The van der Waals surface area contributed by atoms with Gasteiger partial charge in [0.15, 0.2) is 5.82 Å². The first-order valence-corrected chi connectivity index (χ1v) is 6.88. The highest BCUT2D eigenvalue weighted by molar-refractivity contribution is 5.92. The third-order valence-electron chi connectivity index (χ3n) is 3.12. The molecular weight excluding hydrogens is 245 g/mol. The summed E-state index contributed by atoms with van der Waals surface area (Å²) in [4.78, 5) is 21.9. The lowest BCUT2D eigenvalue weighted by Crippen LogP contribution is -2.39. The number of carbonyl (C=O) groups excluding carboxylic acids is 1. The molecular formula is C14H22FN3O. The number of rotatable bonds is 6. The SMILES string of the molecule is CCCC(=O)N(c1ncc(F)c(CC)n1)C(C)CC. The zero-order valence-corrected chi connectivity index (χ0v) is 12.1. The van der Waals surface area contributed by atoms with Crippen LogP contribution in [0.1, 0.15) is 52.7 Å². The van der Waals surface area contributed by atoms with Crippen molar-refractivity contribution in [2.75, 3.05) is 4.90 Å². The standard InChI is InChI=1S/C14H22FN3O/c1-5-8-13(19)18(10(4)6-2)14-16-9-11(15)12(7-3)17-14/h9-10H,5-8H2,1-4H3. The van der Waals surface area contributed by atoms with Gasteiger partial charge < -0.3 is 0 Å². The van der Waals surface area contributed by atoms with Crippen LogP contribution in [-0.4, -0.2) is 21.9 Å². The fraction of sp³-hybridized carbons (Fsp3) is 0.643. The summed E-state index contributed by atoms with van der Waals surface area (Å²) in [6.45, 7) is 7.74. The van der Waals surface area contributed by atoms with E-state index >= 15 is 0 Å². The number of anilines is 1. The average Bonchev–Trinajstić information content (AvgIpc) is 2.40. The molecule has 0 aliphatic heterocycles. The van der Waals surface area contributed by atoms with E-state index in [-0.39, 0.29) is 11.9 Å². The van der Waals surface area contributed by atoms with Crippen LogP contribution in [0.15, 0.2) is 6.20 Å². The molecule has 1 atom stereocenters. The Bertz CT molecular complexity index is 437. The Morgan fingerprint density at radius 2 is 2.11 bits per heavy atom. The Labute approximate surface area is 114 Å². The quantitative estimate of drug-likeness (QED) is 0.795. The predicted molar refractivity (Wildman–Crippen MR) is 73.5 cm³/mol. The molecule has 1 rings (SSSR count). The van der Waals surface area contributed by atoms with E-state index in [0.717, 1.165) is 19.0 Å². The fourth-order valence-corrected chi connectivity index (χ4v) is 1.83. The molecule has 0 aliphatic carbocycles. The molecule has 106 valence electrons. The molecule has 0 spiro atoms. The average molecular weight is 267 g/mol. The van der Waals surface area contributed by atoms with Gasteiger partial charge in [0.05, 0.1) is 11.9 Å². The molecule has 0 radical (unpaired) electrons. The van der Waals surface area contributed by atoms with Crippen molar-refractivity contribution in [3.8, 4) is 0 Å². The van der Waals surface area contributed by atoms with Gasteiger partial charge in [0.25, 0.3) is 0 Å². The zero-order chi connectivity index (χ0) is 14.4. The number of halogens is 1. The minimum atomic E-state index is -0.418. The van der Waals surface area contributed by atoms with Crippen LogP contribution in [0.2, 0.25) is 0 Å². The lowest BCUT2D eigenvalue weighted by atomic mass is 10.2. The normalized spacial score (nSPS) is 12.3. The minimum absolute atomic E-state index is 0.00853. The molecule has 1 amide bonds. The summed E-state index contributed by atoms with van der Waals surface area (Å²) < 4.78 is 13.4. The van der Waals surface area contributed by atoms with E-state index in [1.807, 2.05) is 27.7 Å². The molecule has 4 nitrogen and oxygen atoms in total. The van der Waals surface area contributed by atoms with E-state index in [9.17, 15) is 9.18 Å². The van der Waals surface area contributed by atoms with Crippen LogP contribution in [0.25, 0.3) is 0 Å². The molecule has 1 heterocycles. The zero-order valence-electron chi connectivity index (χ0n) is 12.1. The summed E-state index contributed by atoms with van der Waals surface area (Å²) in [5.41, 5.74) is 0.350. The summed E-state index contributed by atoms with van der Waals surface area (Å²) in [5, 5.41) is 0. The Kier molecular flexibility index (Phi) is 5.86. The lowest BCUT2D eigenvalue weighted by molar-refractivity contribution is -0.119. The van der Waals surface area contributed by atoms with Crippen molar-refractivity contribution < 1.29 is 9.18 Å². The molecule has 0 fully saturated rings. The van der Waals surface area contributed by atoms with Gasteiger partial charge in [-0.1, -0.05) is 20.8 Å². The van der Waals surface area contributed by atoms with Crippen LogP contribution in [0.5, 0.6) is 0 Å². The fourth-order valence-electron chi connectivity index (χ4n) is 1.83. The largest absolute Gasteiger partial charge is 0.278 e. The summed E-state index contributed by atoms with van der Waals surface area (Å²) in [5.74, 6) is -0.116. The van der Waals surface area contributed by atoms with Crippen molar-refractivity contribution in [1.82, 2.24) is 9.97 Å². The first-order chi connectivity index (χ1) is 9.04. The number of carbonyl (C=O) groups is 1. The third-order valence-corrected chi connectivity index (χ3v) is 3.12. The number of amides is 1. The van der Waals surface area contributed by atoms with Crippen LogP contribution in [-0.2, 0) is 11.2 Å². The van der Waals surface area contributed by atoms with Gasteiger partial charge in [-0.15, -0.1) is 0 Å². The van der Waals surface area contributed by atoms with Crippen LogP contribution >= 0.6 is 0 Å².